The Kier molecular flexibility index (Phi) is 8.47. The first-order valence-electron chi connectivity index (χ1n) is 8.70. The number of nitrogens with zero attached hydrogens (tertiary/aromatic N) is 1. The Morgan fingerprint density at radius 3 is 2.25 bits per heavy atom. The van der Waals surface area contributed by atoms with Crippen LogP contribution in [-0.4, -0.2) is 29.4 Å². The number of hydrogen-bond acceptors (Lipinski definition) is 3. The fourth-order valence-corrected chi connectivity index (χ4v) is 2.34. The van der Waals surface area contributed by atoms with E-state index in [9.17, 15) is 9.59 Å². The molecule has 24 heavy (non-hydrogen) atoms. The van der Waals surface area contributed by atoms with E-state index in [1.165, 1.54) is 5.01 Å². The van der Waals surface area contributed by atoms with E-state index in [-0.39, 0.29) is 17.7 Å². The molecule has 5 nitrogen and oxygen atoms in total. The molecule has 0 heterocycles. The Hall–Kier alpha value is -1.88. The van der Waals surface area contributed by atoms with Crippen LogP contribution in [0.4, 0.5) is 0 Å². The van der Waals surface area contributed by atoms with Crippen LogP contribution < -0.4 is 11.2 Å². The zero-order valence-electron chi connectivity index (χ0n) is 15.3. The van der Waals surface area contributed by atoms with Crippen molar-refractivity contribution < 1.29 is 9.59 Å². The van der Waals surface area contributed by atoms with Crippen molar-refractivity contribution in [1.29, 1.82) is 0 Å². The Morgan fingerprint density at radius 1 is 1.08 bits per heavy atom. The van der Waals surface area contributed by atoms with E-state index in [4.69, 9.17) is 5.73 Å². The van der Waals surface area contributed by atoms with Crippen LogP contribution in [0.1, 0.15) is 46.1 Å². The van der Waals surface area contributed by atoms with E-state index in [0.29, 0.717) is 25.3 Å². The molecule has 0 saturated heterocycles. The summed E-state index contributed by atoms with van der Waals surface area (Å²) >= 11 is 0. The third-order valence-electron chi connectivity index (χ3n) is 3.64. The highest BCUT2D eigenvalue weighted by atomic mass is 16.2. The average molecular weight is 333 g/mol. The number of hydrazine groups is 1. The number of rotatable bonds is 8. The lowest BCUT2D eigenvalue weighted by Crippen LogP contribution is -2.54. The SMILES string of the molecule is CC(C)CCC(=O)NN(CC(C)C)C(=O)[C@@H](N)Cc1ccccc1. The van der Waals surface area contributed by atoms with Crippen LogP contribution in [0.15, 0.2) is 30.3 Å². The van der Waals surface area contributed by atoms with Gasteiger partial charge < -0.3 is 5.73 Å². The fraction of sp³-hybridized carbons (Fsp3) is 0.579. The van der Waals surface area contributed by atoms with Crippen molar-refractivity contribution in [2.24, 2.45) is 17.6 Å². The Bertz CT molecular complexity index is 515. The van der Waals surface area contributed by atoms with Gasteiger partial charge in [-0.05, 0) is 30.2 Å². The van der Waals surface area contributed by atoms with Crippen molar-refractivity contribution >= 4 is 11.8 Å². The summed E-state index contributed by atoms with van der Waals surface area (Å²) in [4.78, 5) is 24.7. The van der Waals surface area contributed by atoms with Gasteiger partial charge in [-0.1, -0.05) is 58.0 Å². The van der Waals surface area contributed by atoms with Gasteiger partial charge in [-0.3, -0.25) is 20.0 Å². The first-order chi connectivity index (χ1) is 11.3. The first-order valence-corrected chi connectivity index (χ1v) is 8.70. The molecule has 1 aromatic rings. The standard InChI is InChI=1S/C19H31N3O2/c1-14(2)10-11-18(23)21-22(13-15(3)4)19(24)17(20)12-16-8-6-5-7-9-16/h5-9,14-15,17H,10-13,20H2,1-4H3,(H,21,23)/t17-/m0/s1. The van der Waals surface area contributed by atoms with E-state index in [0.717, 1.165) is 12.0 Å². The highest BCUT2D eigenvalue weighted by molar-refractivity contribution is 5.85. The van der Waals surface area contributed by atoms with Gasteiger partial charge in [-0.15, -0.1) is 0 Å². The predicted octanol–water partition coefficient (Wildman–Crippen LogP) is 2.51. The van der Waals surface area contributed by atoms with E-state index in [1.54, 1.807) is 0 Å². The lowest BCUT2D eigenvalue weighted by atomic mass is 10.1. The lowest BCUT2D eigenvalue weighted by molar-refractivity contribution is -0.143. The van der Waals surface area contributed by atoms with Crippen molar-refractivity contribution in [1.82, 2.24) is 10.4 Å². The molecule has 0 aliphatic carbocycles. The van der Waals surface area contributed by atoms with Crippen molar-refractivity contribution in [2.45, 2.75) is 53.0 Å². The third-order valence-corrected chi connectivity index (χ3v) is 3.64. The lowest BCUT2D eigenvalue weighted by Gasteiger charge is -2.28. The largest absolute Gasteiger partial charge is 0.320 e. The summed E-state index contributed by atoms with van der Waals surface area (Å²) in [5, 5.41) is 1.39. The molecule has 0 aliphatic heterocycles. The highest BCUT2D eigenvalue weighted by Crippen LogP contribution is 2.07. The number of nitrogens with two attached hydrogens (primary N) is 1. The highest BCUT2D eigenvalue weighted by Gasteiger charge is 2.23. The van der Waals surface area contributed by atoms with E-state index >= 15 is 0 Å². The minimum atomic E-state index is -0.670. The minimum Gasteiger partial charge on any atom is -0.320 e. The summed E-state index contributed by atoms with van der Waals surface area (Å²) in [5.41, 5.74) is 9.82. The minimum absolute atomic E-state index is 0.135. The van der Waals surface area contributed by atoms with E-state index in [1.807, 2.05) is 44.2 Å². The van der Waals surface area contributed by atoms with Crippen molar-refractivity contribution in [2.75, 3.05) is 6.54 Å². The van der Waals surface area contributed by atoms with E-state index in [2.05, 4.69) is 19.3 Å². The molecule has 0 spiro atoms. The summed E-state index contributed by atoms with van der Waals surface area (Å²) in [6, 6.07) is 8.99. The number of benzene rings is 1. The summed E-state index contributed by atoms with van der Waals surface area (Å²) in [7, 11) is 0. The third kappa shape index (κ3) is 7.59. The van der Waals surface area contributed by atoms with Crippen LogP contribution in [0.5, 0.6) is 0 Å². The van der Waals surface area contributed by atoms with Crippen molar-refractivity contribution in [3.8, 4) is 0 Å². The van der Waals surface area contributed by atoms with Gasteiger partial charge in [-0.25, -0.2) is 0 Å². The molecule has 5 heteroatoms. The molecule has 2 amide bonds. The second-order valence-corrected chi connectivity index (χ2v) is 7.11. The van der Waals surface area contributed by atoms with Gasteiger partial charge >= 0.3 is 0 Å². The van der Waals surface area contributed by atoms with Crippen molar-refractivity contribution in [3.05, 3.63) is 35.9 Å². The molecule has 0 fully saturated rings. The smallest absolute Gasteiger partial charge is 0.258 e. The molecular formula is C19H31N3O2. The normalized spacial score (nSPS) is 12.3. The molecule has 1 rings (SSSR count). The maximum absolute atomic E-state index is 12.6. The number of carbonyl (C=O) groups is 2. The van der Waals surface area contributed by atoms with Gasteiger partial charge in [0.1, 0.15) is 0 Å². The van der Waals surface area contributed by atoms with Crippen LogP contribution >= 0.6 is 0 Å². The Balaban J connectivity index is 2.67. The van der Waals surface area contributed by atoms with Crippen LogP contribution in [0.25, 0.3) is 0 Å². The van der Waals surface area contributed by atoms with Crippen LogP contribution in [0.2, 0.25) is 0 Å². The molecule has 0 radical (unpaired) electrons. The molecule has 0 unspecified atom stereocenters. The molecule has 0 aliphatic rings. The molecule has 1 aromatic carbocycles. The monoisotopic (exact) mass is 333 g/mol. The number of amides is 2. The zero-order valence-corrected chi connectivity index (χ0v) is 15.3. The summed E-state index contributed by atoms with van der Waals surface area (Å²) in [6.45, 7) is 8.60. The van der Waals surface area contributed by atoms with Gasteiger partial charge in [0.25, 0.3) is 5.91 Å². The molecule has 1 atom stereocenters. The molecular weight excluding hydrogens is 302 g/mol. The first kappa shape index (κ1) is 20.2. The summed E-state index contributed by atoms with van der Waals surface area (Å²) < 4.78 is 0. The number of carbonyl (C=O) groups excluding carboxylic acids is 2. The Labute approximate surface area is 145 Å². The van der Waals surface area contributed by atoms with Gasteiger partial charge in [0.2, 0.25) is 5.91 Å². The topological polar surface area (TPSA) is 75.4 Å². The molecule has 0 aromatic heterocycles. The molecule has 0 bridgehead atoms. The fourth-order valence-electron chi connectivity index (χ4n) is 2.34. The zero-order chi connectivity index (χ0) is 18.1. The van der Waals surface area contributed by atoms with Gasteiger partial charge in [0, 0.05) is 13.0 Å². The second kappa shape index (κ2) is 10.1. The average Bonchev–Trinajstić information content (AvgIpc) is 2.52. The maximum atomic E-state index is 12.6. The number of hydrogen-bond donors (Lipinski definition) is 2. The van der Waals surface area contributed by atoms with Crippen LogP contribution in [-0.2, 0) is 16.0 Å². The van der Waals surface area contributed by atoms with E-state index < -0.39 is 6.04 Å². The predicted molar refractivity (Wildman–Crippen MR) is 96.9 cm³/mol. The second-order valence-electron chi connectivity index (χ2n) is 7.11. The molecule has 0 saturated carbocycles. The quantitative estimate of drug-likeness (QED) is 0.718. The van der Waals surface area contributed by atoms with Gasteiger partial charge in [-0.2, -0.15) is 0 Å². The number of nitrogens with one attached hydrogen (secondary N) is 1. The Morgan fingerprint density at radius 2 is 1.71 bits per heavy atom. The molecule has 3 N–H and O–H groups in total. The maximum Gasteiger partial charge on any atom is 0.258 e. The summed E-state index contributed by atoms with van der Waals surface area (Å²) in [6.07, 6.45) is 1.66. The summed E-state index contributed by atoms with van der Waals surface area (Å²) in [5.74, 6) is 0.309. The van der Waals surface area contributed by atoms with Gasteiger partial charge in [0.15, 0.2) is 0 Å². The van der Waals surface area contributed by atoms with Crippen molar-refractivity contribution in [3.63, 3.8) is 0 Å². The van der Waals surface area contributed by atoms with Crippen LogP contribution in [0, 0.1) is 11.8 Å². The van der Waals surface area contributed by atoms with Crippen LogP contribution in [0.3, 0.4) is 0 Å². The van der Waals surface area contributed by atoms with Gasteiger partial charge in [0.05, 0.1) is 6.04 Å². The molecule has 134 valence electrons.